The number of para-hydroxylation sites is 1. The molecule has 1 aromatic heterocycles. The van der Waals surface area contributed by atoms with E-state index >= 15 is 0 Å². The van der Waals surface area contributed by atoms with E-state index in [0.717, 1.165) is 21.3 Å². The Morgan fingerprint density at radius 3 is 2.50 bits per heavy atom. The summed E-state index contributed by atoms with van der Waals surface area (Å²) in [6.07, 6.45) is 0. The van der Waals surface area contributed by atoms with E-state index in [-0.39, 0.29) is 24.1 Å². The number of nitrogens with zero attached hydrogens (tertiary/aromatic N) is 3. The zero-order valence-electron chi connectivity index (χ0n) is 15.8. The first kappa shape index (κ1) is 19.8. The lowest BCUT2D eigenvalue weighted by atomic mass is 10.1. The molecule has 0 saturated heterocycles. The molecule has 2 N–H and O–H groups in total. The number of amides is 2. The molecule has 0 aliphatic carbocycles. The molecule has 0 bridgehead atoms. The molecule has 8 heteroatoms. The quantitative estimate of drug-likeness (QED) is 0.628. The predicted molar refractivity (Wildman–Crippen MR) is 111 cm³/mol. The van der Waals surface area contributed by atoms with Crippen molar-refractivity contribution >= 4 is 39.1 Å². The van der Waals surface area contributed by atoms with Crippen molar-refractivity contribution in [3.63, 3.8) is 0 Å². The van der Waals surface area contributed by atoms with Crippen molar-refractivity contribution in [3.05, 3.63) is 69.5 Å². The smallest absolute Gasteiger partial charge is 0.278 e. The zero-order valence-corrected chi connectivity index (χ0v) is 17.4. The van der Waals surface area contributed by atoms with E-state index in [1.807, 2.05) is 50.2 Å². The average molecular weight is 442 g/mol. The molecule has 144 valence electrons. The summed E-state index contributed by atoms with van der Waals surface area (Å²) in [5.41, 5.74) is 4.17. The Labute approximate surface area is 171 Å². The molecule has 28 heavy (non-hydrogen) atoms. The van der Waals surface area contributed by atoms with Gasteiger partial charge in [0.25, 0.3) is 5.91 Å². The van der Waals surface area contributed by atoms with Crippen LogP contribution in [0.25, 0.3) is 0 Å². The highest BCUT2D eigenvalue weighted by atomic mass is 79.9. The monoisotopic (exact) mass is 441 g/mol. The first-order chi connectivity index (χ1) is 13.3. The Kier molecular flexibility index (Phi) is 5.89. The number of carbonyl (C=O) groups excluding carboxylic acids is 2. The van der Waals surface area contributed by atoms with Crippen molar-refractivity contribution < 1.29 is 9.59 Å². The van der Waals surface area contributed by atoms with E-state index in [1.165, 1.54) is 4.68 Å². The molecule has 3 aromatic rings. The minimum absolute atomic E-state index is 0.0446. The fourth-order valence-corrected chi connectivity index (χ4v) is 3.13. The van der Waals surface area contributed by atoms with Gasteiger partial charge in [0.05, 0.1) is 11.4 Å². The fraction of sp³-hybridized carbons (Fsp3) is 0.200. The molecule has 0 radical (unpaired) electrons. The lowest BCUT2D eigenvalue weighted by Crippen LogP contribution is -2.21. The van der Waals surface area contributed by atoms with Crippen molar-refractivity contribution in [3.8, 4) is 0 Å². The minimum atomic E-state index is -0.359. The maximum atomic E-state index is 12.6. The van der Waals surface area contributed by atoms with Crippen LogP contribution >= 0.6 is 15.9 Å². The first-order valence-electron chi connectivity index (χ1n) is 8.68. The molecule has 0 spiro atoms. The van der Waals surface area contributed by atoms with Crippen LogP contribution < -0.4 is 10.6 Å². The Bertz CT molecular complexity index is 1040. The zero-order chi connectivity index (χ0) is 20.3. The van der Waals surface area contributed by atoms with Crippen LogP contribution in [0.2, 0.25) is 0 Å². The normalized spacial score (nSPS) is 10.6. The molecule has 0 aliphatic heterocycles. The van der Waals surface area contributed by atoms with Crippen LogP contribution in [-0.4, -0.2) is 26.8 Å². The summed E-state index contributed by atoms with van der Waals surface area (Å²) < 4.78 is 2.19. The lowest BCUT2D eigenvalue weighted by molar-refractivity contribution is -0.117. The van der Waals surface area contributed by atoms with Crippen LogP contribution in [0.3, 0.4) is 0 Å². The third-order valence-corrected chi connectivity index (χ3v) is 4.96. The molecule has 0 unspecified atom stereocenters. The first-order valence-corrected chi connectivity index (χ1v) is 9.47. The third kappa shape index (κ3) is 4.45. The number of hydrogen-bond donors (Lipinski definition) is 2. The number of anilines is 2. The molecular formula is C20H20BrN5O2. The van der Waals surface area contributed by atoms with E-state index in [4.69, 9.17) is 0 Å². The Hall–Kier alpha value is -3.00. The Balaban J connectivity index is 1.70. The van der Waals surface area contributed by atoms with Crippen molar-refractivity contribution in [2.75, 3.05) is 10.6 Å². The number of halogens is 1. The number of aromatic nitrogens is 3. The molecule has 2 aromatic carbocycles. The van der Waals surface area contributed by atoms with Crippen LogP contribution in [-0.2, 0) is 11.3 Å². The van der Waals surface area contributed by atoms with Gasteiger partial charge in [-0.05, 0) is 60.5 Å². The van der Waals surface area contributed by atoms with Gasteiger partial charge >= 0.3 is 0 Å². The average Bonchev–Trinajstić information content (AvgIpc) is 3.00. The summed E-state index contributed by atoms with van der Waals surface area (Å²) in [7, 11) is 0. The summed E-state index contributed by atoms with van der Waals surface area (Å²) in [6, 6.07) is 13.1. The van der Waals surface area contributed by atoms with E-state index < -0.39 is 0 Å². The Morgan fingerprint density at radius 2 is 1.79 bits per heavy atom. The third-order valence-electron chi connectivity index (χ3n) is 4.27. The largest absolute Gasteiger partial charge is 0.323 e. The van der Waals surface area contributed by atoms with Crippen LogP contribution in [0.1, 0.15) is 27.3 Å². The molecule has 0 aliphatic rings. The summed E-state index contributed by atoms with van der Waals surface area (Å²) in [4.78, 5) is 24.9. The number of nitrogens with one attached hydrogen (secondary N) is 2. The summed E-state index contributed by atoms with van der Waals surface area (Å²) >= 11 is 3.39. The molecule has 0 saturated carbocycles. The summed E-state index contributed by atoms with van der Waals surface area (Å²) in [6.45, 7) is 5.59. The maximum absolute atomic E-state index is 12.6. The number of benzene rings is 2. The standard InChI is InChI=1S/C20H20BrN5O2/c1-12-8-9-16(13(2)10-12)23-20(28)19-14(3)26(25-24-19)11-18(27)22-17-7-5-4-6-15(17)21/h4-10H,11H2,1-3H3,(H,22,27)(H,23,28). The molecule has 0 atom stereocenters. The van der Waals surface area contributed by atoms with Gasteiger partial charge in [-0.25, -0.2) is 4.68 Å². The molecule has 7 nitrogen and oxygen atoms in total. The van der Waals surface area contributed by atoms with E-state index in [0.29, 0.717) is 11.4 Å². The molecule has 2 amide bonds. The second-order valence-electron chi connectivity index (χ2n) is 6.48. The van der Waals surface area contributed by atoms with Gasteiger partial charge in [0.2, 0.25) is 5.91 Å². The highest BCUT2D eigenvalue weighted by Gasteiger charge is 2.19. The van der Waals surface area contributed by atoms with Crippen LogP contribution in [0.5, 0.6) is 0 Å². The van der Waals surface area contributed by atoms with Crippen molar-refractivity contribution in [1.82, 2.24) is 15.0 Å². The molecule has 1 heterocycles. The number of rotatable bonds is 5. The van der Waals surface area contributed by atoms with Crippen LogP contribution in [0.15, 0.2) is 46.9 Å². The molecule has 3 rings (SSSR count). The molecular weight excluding hydrogens is 422 g/mol. The summed E-state index contributed by atoms with van der Waals surface area (Å²) in [5, 5.41) is 13.5. The molecule has 0 fully saturated rings. The van der Waals surface area contributed by atoms with Gasteiger partial charge in [0.15, 0.2) is 5.69 Å². The Morgan fingerprint density at radius 1 is 1.04 bits per heavy atom. The number of aryl methyl sites for hydroxylation is 2. The van der Waals surface area contributed by atoms with Gasteiger partial charge in [-0.2, -0.15) is 0 Å². The second-order valence-corrected chi connectivity index (χ2v) is 7.34. The second kappa shape index (κ2) is 8.35. The van der Waals surface area contributed by atoms with Crippen molar-refractivity contribution in [1.29, 1.82) is 0 Å². The van der Waals surface area contributed by atoms with E-state index in [9.17, 15) is 9.59 Å². The van der Waals surface area contributed by atoms with Crippen LogP contribution in [0, 0.1) is 20.8 Å². The van der Waals surface area contributed by atoms with Gasteiger partial charge in [0, 0.05) is 10.2 Å². The minimum Gasteiger partial charge on any atom is -0.323 e. The van der Waals surface area contributed by atoms with E-state index in [2.05, 4.69) is 36.9 Å². The van der Waals surface area contributed by atoms with E-state index in [1.54, 1.807) is 13.0 Å². The van der Waals surface area contributed by atoms with Crippen LogP contribution in [0.4, 0.5) is 11.4 Å². The van der Waals surface area contributed by atoms with Crippen molar-refractivity contribution in [2.45, 2.75) is 27.3 Å². The van der Waals surface area contributed by atoms with Gasteiger partial charge < -0.3 is 10.6 Å². The van der Waals surface area contributed by atoms with Gasteiger partial charge in [-0.3, -0.25) is 9.59 Å². The SMILES string of the molecule is Cc1ccc(NC(=O)c2nnn(CC(=O)Nc3ccccc3Br)c2C)c(C)c1. The summed E-state index contributed by atoms with van der Waals surface area (Å²) in [5.74, 6) is -0.622. The predicted octanol–water partition coefficient (Wildman–Crippen LogP) is 3.86. The maximum Gasteiger partial charge on any atom is 0.278 e. The van der Waals surface area contributed by atoms with Gasteiger partial charge in [-0.15, -0.1) is 5.10 Å². The lowest BCUT2D eigenvalue weighted by Gasteiger charge is -2.09. The van der Waals surface area contributed by atoms with Gasteiger partial charge in [0.1, 0.15) is 6.54 Å². The highest BCUT2D eigenvalue weighted by molar-refractivity contribution is 9.10. The topological polar surface area (TPSA) is 88.9 Å². The number of hydrogen-bond acceptors (Lipinski definition) is 4. The highest BCUT2D eigenvalue weighted by Crippen LogP contribution is 2.21. The van der Waals surface area contributed by atoms with Crippen molar-refractivity contribution in [2.24, 2.45) is 0 Å². The number of carbonyl (C=O) groups is 2. The fourth-order valence-electron chi connectivity index (χ4n) is 2.74. The van der Waals surface area contributed by atoms with Gasteiger partial charge in [-0.1, -0.05) is 35.0 Å².